The Hall–Kier alpha value is -2.35. The fourth-order valence-corrected chi connectivity index (χ4v) is 2.14. The van der Waals surface area contributed by atoms with Gasteiger partial charge in [-0.15, -0.1) is 5.10 Å². The highest BCUT2D eigenvalue weighted by molar-refractivity contribution is 5.76. The Balaban J connectivity index is 1.81. The third kappa shape index (κ3) is 4.82. The van der Waals surface area contributed by atoms with Crippen molar-refractivity contribution in [1.82, 2.24) is 20.3 Å². The lowest BCUT2D eigenvalue weighted by atomic mass is 10.0. The molecule has 1 heterocycles. The Morgan fingerprint density at radius 1 is 1.39 bits per heavy atom. The lowest BCUT2D eigenvalue weighted by Crippen LogP contribution is -2.37. The second-order valence-electron chi connectivity index (χ2n) is 5.24. The smallest absolute Gasteiger partial charge is 0.220 e. The van der Waals surface area contributed by atoms with Gasteiger partial charge in [0.25, 0.3) is 0 Å². The lowest BCUT2D eigenvalue weighted by Gasteiger charge is -2.20. The number of rotatable bonds is 7. The Morgan fingerprint density at radius 3 is 2.83 bits per heavy atom. The molecule has 2 aromatic rings. The third-order valence-electron chi connectivity index (χ3n) is 3.41. The molecule has 1 amide bonds. The summed E-state index contributed by atoms with van der Waals surface area (Å²) in [5.74, 6) is -2.25. The van der Waals surface area contributed by atoms with Crippen molar-refractivity contribution >= 4 is 5.91 Å². The molecular weight excluding hydrogens is 306 g/mol. The molecular formula is C15H18F2N4O2. The molecule has 23 heavy (non-hydrogen) atoms. The number of hydrogen-bond acceptors (Lipinski definition) is 4. The SMILES string of the molecule is CC(NC(=O)CCCn1ccnn1)C(O)c1ccc(F)c(F)c1. The summed E-state index contributed by atoms with van der Waals surface area (Å²) in [5.41, 5.74) is 0.208. The number of aliphatic hydroxyl groups is 1. The van der Waals surface area contributed by atoms with E-state index in [1.807, 2.05) is 0 Å². The van der Waals surface area contributed by atoms with Crippen LogP contribution in [0.15, 0.2) is 30.6 Å². The Morgan fingerprint density at radius 2 is 2.17 bits per heavy atom. The molecule has 2 rings (SSSR count). The number of nitrogens with zero attached hydrogens (tertiary/aromatic N) is 3. The molecule has 0 spiro atoms. The minimum Gasteiger partial charge on any atom is -0.386 e. The van der Waals surface area contributed by atoms with Crippen LogP contribution in [0.2, 0.25) is 0 Å². The molecule has 2 N–H and O–H groups in total. The van der Waals surface area contributed by atoms with Gasteiger partial charge in [0.2, 0.25) is 5.91 Å². The molecule has 0 fully saturated rings. The van der Waals surface area contributed by atoms with E-state index in [2.05, 4.69) is 15.6 Å². The highest BCUT2D eigenvalue weighted by Crippen LogP contribution is 2.19. The minimum absolute atomic E-state index is 0.208. The van der Waals surface area contributed by atoms with E-state index < -0.39 is 23.8 Å². The molecule has 1 aromatic heterocycles. The molecule has 1 aromatic carbocycles. The van der Waals surface area contributed by atoms with Crippen LogP contribution in [0, 0.1) is 11.6 Å². The maximum atomic E-state index is 13.2. The largest absolute Gasteiger partial charge is 0.386 e. The molecule has 0 saturated heterocycles. The predicted molar refractivity (Wildman–Crippen MR) is 78.2 cm³/mol. The van der Waals surface area contributed by atoms with Gasteiger partial charge in [-0.25, -0.2) is 8.78 Å². The first-order chi connectivity index (χ1) is 11.0. The number of aryl methyl sites for hydroxylation is 1. The summed E-state index contributed by atoms with van der Waals surface area (Å²) in [7, 11) is 0. The van der Waals surface area contributed by atoms with E-state index in [0.29, 0.717) is 13.0 Å². The number of carbonyl (C=O) groups excluding carboxylic acids is 1. The Kier molecular flexibility index (Phi) is 5.75. The molecule has 0 saturated carbocycles. The average molecular weight is 324 g/mol. The number of halogens is 2. The average Bonchev–Trinajstić information content (AvgIpc) is 3.02. The number of nitrogens with one attached hydrogen (secondary N) is 1. The summed E-state index contributed by atoms with van der Waals surface area (Å²) < 4.78 is 27.7. The molecule has 0 bridgehead atoms. The fraction of sp³-hybridized carbons (Fsp3) is 0.400. The van der Waals surface area contributed by atoms with Gasteiger partial charge in [0.15, 0.2) is 11.6 Å². The number of hydrogen-bond donors (Lipinski definition) is 2. The zero-order valence-electron chi connectivity index (χ0n) is 12.6. The van der Waals surface area contributed by atoms with Crippen LogP contribution in [0.3, 0.4) is 0 Å². The quantitative estimate of drug-likeness (QED) is 0.810. The number of carbonyl (C=O) groups is 1. The van der Waals surface area contributed by atoms with Gasteiger partial charge in [-0.1, -0.05) is 11.3 Å². The zero-order chi connectivity index (χ0) is 16.8. The van der Waals surface area contributed by atoms with Gasteiger partial charge in [0.05, 0.1) is 18.3 Å². The molecule has 124 valence electrons. The summed E-state index contributed by atoms with van der Waals surface area (Å²) in [5, 5.41) is 20.2. The predicted octanol–water partition coefficient (Wildman–Crippen LogP) is 1.57. The first-order valence-corrected chi connectivity index (χ1v) is 7.24. The normalized spacial score (nSPS) is 13.6. The highest BCUT2D eigenvalue weighted by Gasteiger charge is 2.19. The second-order valence-corrected chi connectivity index (χ2v) is 5.24. The van der Waals surface area contributed by atoms with Crippen molar-refractivity contribution < 1.29 is 18.7 Å². The van der Waals surface area contributed by atoms with E-state index in [4.69, 9.17) is 0 Å². The Labute approximate surface area is 132 Å². The van der Waals surface area contributed by atoms with E-state index in [9.17, 15) is 18.7 Å². The topological polar surface area (TPSA) is 80.0 Å². The van der Waals surface area contributed by atoms with E-state index in [0.717, 1.165) is 12.1 Å². The molecule has 0 aliphatic carbocycles. The van der Waals surface area contributed by atoms with Crippen molar-refractivity contribution in [3.8, 4) is 0 Å². The number of amides is 1. The summed E-state index contributed by atoms with van der Waals surface area (Å²) >= 11 is 0. The second kappa shape index (κ2) is 7.77. The van der Waals surface area contributed by atoms with Gasteiger partial charge >= 0.3 is 0 Å². The van der Waals surface area contributed by atoms with Crippen LogP contribution in [0.25, 0.3) is 0 Å². The third-order valence-corrected chi connectivity index (χ3v) is 3.41. The van der Waals surface area contributed by atoms with Crippen LogP contribution in [-0.2, 0) is 11.3 Å². The molecule has 2 atom stereocenters. The summed E-state index contributed by atoms with van der Waals surface area (Å²) in [4.78, 5) is 11.8. The van der Waals surface area contributed by atoms with Gasteiger partial charge in [0.1, 0.15) is 0 Å². The van der Waals surface area contributed by atoms with Crippen LogP contribution in [0.5, 0.6) is 0 Å². The molecule has 6 nitrogen and oxygen atoms in total. The first-order valence-electron chi connectivity index (χ1n) is 7.24. The number of aliphatic hydroxyl groups excluding tert-OH is 1. The van der Waals surface area contributed by atoms with Crippen molar-refractivity contribution in [3.05, 3.63) is 47.8 Å². The van der Waals surface area contributed by atoms with Crippen molar-refractivity contribution in [3.63, 3.8) is 0 Å². The summed E-state index contributed by atoms with van der Waals surface area (Å²) in [6.45, 7) is 2.16. The van der Waals surface area contributed by atoms with Gasteiger partial charge in [-0.3, -0.25) is 9.48 Å². The monoisotopic (exact) mass is 324 g/mol. The van der Waals surface area contributed by atoms with Crippen LogP contribution in [0.4, 0.5) is 8.78 Å². The molecule has 0 aliphatic rings. The van der Waals surface area contributed by atoms with Gasteiger partial charge in [-0.2, -0.15) is 0 Å². The molecule has 0 radical (unpaired) electrons. The first kappa shape index (κ1) is 17.0. The lowest BCUT2D eigenvalue weighted by molar-refractivity contribution is -0.122. The van der Waals surface area contributed by atoms with E-state index in [1.54, 1.807) is 24.0 Å². The molecule has 8 heteroatoms. The summed E-state index contributed by atoms with van der Waals surface area (Å²) in [6, 6.07) is 2.53. The summed E-state index contributed by atoms with van der Waals surface area (Å²) in [6.07, 6.45) is 2.97. The van der Waals surface area contributed by atoms with Crippen molar-refractivity contribution in [1.29, 1.82) is 0 Å². The standard InChI is InChI=1S/C15H18F2N4O2/c1-10(15(23)11-4-5-12(16)13(17)9-11)19-14(22)3-2-7-21-8-6-18-20-21/h4-6,8-10,15,23H,2-3,7H2,1H3,(H,19,22). The maximum absolute atomic E-state index is 13.2. The van der Waals surface area contributed by atoms with Crippen LogP contribution in [-0.4, -0.2) is 32.0 Å². The van der Waals surface area contributed by atoms with Gasteiger partial charge in [-0.05, 0) is 31.0 Å². The Bertz CT molecular complexity index is 649. The van der Waals surface area contributed by atoms with Crippen molar-refractivity contribution in [2.75, 3.05) is 0 Å². The van der Waals surface area contributed by atoms with E-state index in [1.165, 1.54) is 6.07 Å². The molecule has 0 aliphatic heterocycles. The number of benzene rings is 1. The van der Waals surface area contributed by atoms with Crippen molar-refractivity contribution in [2.45, 2.75) is 38.5 Å². The van der Waals surface area contributed by atoms with Crippen LogP contribution < -0.4 is 5.32 Å². The van der Waals surface area contributed by atoms with Crippen molar-refractivity contribution in [2.24, 2.45) is 0 Å². The minimum atomic E-state index is -1.12. The van der Waals surface area contributed by atoms with E-state index in [-0.39, 0.29) is 17.9 Å². The highest BCUT2D eigenvalue weighted by atomic mass is 19.2. The van der Waals surface area contributed by atoms with Gasteiger partial charge < -0.3 is 10.4 Å². The van der Waals surface area contributed by atoms with E-state index >= 15 is 0 Å². The molecule has 2 unspecified atom stereocenters. The maximum Gasteiger partial charge on any atom is 0.220 e. The zero-order valence-corrected chi connectivity index (χ0v) is 12.6. The number of aromatic nitrogens is 3. The van der Waals surface area contributed by atoms with Crippen LogP contribution in [0.1, 0.15) is 31.4 Å². The van der Waals surface area contributed by atoms with Crippen LogP contribution >= 0.6 is 0 Å². The van der Waals surface area contributed by atoms with Gasteiger partial charge in [0, 0.05) is 19.2 Å². The fourth-order valence-electron chi connectivity index (χ4n) is 2.14.